The summed E-state index contributed by atoms with van der Waals surface area (Å²) in [5, 5.41) is 3.05. The zero-order valence-electron chi connectivity index (χ0n) is 50.0. The van der Waals surface area contributed by atoms with Gasteiger partial charge in [-0.15, -0.1) is 0 Å². The first-order chi connectivity index (χ1) is 36.4. The van der Waals surface area contributed by atoms with E-state index in [0.29, 0.717) is 17.4 Å². The first-order valence-electron chi connectivity index (χ1n) is 31.6. The van der Waals surface area contributed by atoms with E-state index < -0.39 is 20.0 Å². The molecule has 3 atom stereocenters. The molecule has 2 N–H and O–H groups in total. The van der Waals surface area contributed by atoms with Crippen LogP contribution in [0, 0.1) is 0 Å². The van der Waals surface area contributed by atoms with Crippen LogP contribution in [-0.4, -0.2) is 74.3 Å². The Labute approximate surface area is 464 Å². The number of hydrogen-bond acceptors (Lipinski definition) is 6. The molecule has 0 aliphatic heterocycles. The van der Waals surface area contributed by atoms with Gasteiger partial charge in [-0.3, -0.25) is 18.6 Å². The summed E-state index contributed by atoms with van der Waals surface area (Å²) >= 11 is 0. The highest BCUT2D eigenvalue weighted by Crippen LogP contribution is 2.43. The highest BCUT2D eigenvalue weighted by atomic mass is 31.2. The summed E-state index contributed by atoms with van der Waals surface area (Å²) in [4.78, 5) is 37.7. The fourth-order valence-corrected chi connectivity index (χ4v) is 9.74. The van der Waals surface area contributed by atoms with Gasteiger partial charge in [-0.1, -0.05) is 242 Å². The molecule has 0 spiro atoms. The Hall–Kier alpha value is -2.29. The minimum Gasteiger partial charge on any atom is -0.456 e. The number of phosphoric ester groups is 1. The standard InChI is InChI=1S/C65H121N2O7P/c1-7-10-13-16-19-22-25-27-29-31-32-33-34-36-37-39-42-45-48-51-54-57-64(68)66-62(61-73-75(70,71)72-60-59-67(4,5)6)63(56-53-50-47-44-41-24-21-18-15-12-9-3)74-65(69)58-55-52-49-46-43-40-38-35-30-28-26-23-20-17-14-11-8-2/h19,22,27-30,32-33,53,56,62-63H,7-18,20-21,23-26,31,34-52,54-55,57-61H2,1-6H3,(H-,66,68,70,71)/p+1/b22-19-,29-27-,30-28+,33-32-,56-53-. The van der Waals surface area contributed by atoms with Crippen molar-refractivity contribution in [2.24, 2.45) is 0 Å². The third-order valence-electron chi connectivity index (χ3n) is 13.9. The van der Waals surface area contributed by atoms with Crippen molar-refractivity contribution in [3.05, 3.63) is 60.8 Å². The predicted molar refractivity (Wildman–Crippen MR) is 323 cm³/mol. The molecule has 10 heteroatoms. The second-order valence-corrected chi connectivity index (χ2v) is 24.0. The van der Waals surface area contributed by atoms with Crippen LogP contribution in [0.15, 0.2) is 60.8 Å². The third kappa shape index (κ3) is 56.2. The number of unbranched alkanes of at least 4 members (excludes halogenated alkanes) is 33. The van der Waals surface area contributed by atoms with Crippen LogP contribution >= 0.6 is 7.82 Å². The lowest BCUT2D eigenvalue weighted by atomic mass is 10.0. The van der Waals surface area contributed by atoms with Crippen LogP contribution in [-0.2, 0) is 27.9 Å². The lowest BCUT2D eigenvalue weighted by Crippen LogP contribution is -2.47. The van der Waals surface area contributed by atoms with Crippen molar-refractivity contribution >= 4 is 19.7 Å². The number of ether oxygens (including phenoxy) is 1. The van der Waals surface area contributed by atoms with Crippen LogP contribution in [0.25, 0.3) is 0 Å². The quantitative estimate of drug-likeness (QED) is 0.0205. The minimum absolute atomic E-state index is 0.0370. The van der Waals surface area contributed by atoms with Crippen molar-refractivity contribution in [3.63, 3.8) is 0 Å². The lowest BCUT2D eigenvalue weighted by Gasteiger charge is -2.27. The minimum atomic E-state index is -4.45. The van der Waals surface area contributed by atoms with Crippen LogP contribution in [0.5, 0.6) is 0 Å². The molecule has 0 rings (SSSR count). The maximum absolute atomic E-state index is 13.5. The molecule has 75 heavy (non-hydrogen) atoms. The molecule has 3 unspecified atom stereocenters. The van der Waals surface area contributed by atoms with E-state index in [4.69, 9.17) is 13.8 Å². The SMILES string of the molecule is CCCCC/C=C\C/C=C\C/C=C\CCCCCCCCCCC(=O)NC(COP(=O)(O)OCC[N+](C)(C)C)C(/C=C\CCCCCCCCCCC)OC(=O)CCCCCCCCC/C=C/CCCCCCCC. The summed E-state index contributed by atoms with van der Waals surface area (Å²) in [5.41, 5.74) is 0. The Morgan fingerprint density at radius 1 is 0.467 bits per heavy atom. The Balaban J connectivity index is 5.21. The summed E-state index contributed by atoms with van der Waals surface area (Å²) in [7, 11) is 1.49. The Morgan fingerprint density at radius 2 is 0.813 bits per heavy atom. The van der Waals surface area contributed by atoms with Gasteiger partial charge in [0.25, 0.3) is 0 Å². The number of rotatable bonds is 57. The molecule has 0 radical (unpaired) electrons. The highest BCUT2D eigenvalue weighted by molar-refractivity contribution is 7.47. The molecule has 0 aromatic heterocycles. The van der Waals surface area contributed by atoms with Gasteiger partial charge in [-0.2, -0.15) is 0 Å². The monoisotopic (exact) mass is 1070 g/mol. The topological polar surface area (TPSA) is 111 Å². The summed E-state index contributed by atoms with van der Waals surface area (Å²) < 4.78 is 30.7. The van der Waals surface area contributed by atoms with Crippen LogP contribution in [0.4, 0.5) is 0 Å². The first-order valence-corrected chi connectivity index (χ1v) is 33.1. The Bertz CT molecular complexity index is 1470. The van der Waals surface area contributed by atoms with Gasteiger partial charge in [-0.25, -0.2) is 4.57 Å². The van der Waals surface area contributed by atoms with Crippen molar-refractivity contribution in [1.29, 1.82) is 0 Å². The summed E-state index contributed by atoms with van der Waals surface area (Å²) in [6.45, 7) is 6.98. The first kappa shape index (κ1) is 72.7. The molecule has 438 valence electrons. The smallest absolute Gasteiger partial charge is 0.456 e. The molecule has 9 nitrogen and oxygen atoms in total. The lowest BCUT2D eigenvalue weighted by molar-refractivity contribution is -0.870. The summed E-state index contributed by atoms with van der Waals surface area (Å²) in [6, 6.07) is -0.854. The summed E-state index contributed by atoms with van der Waals surface area (Å²) in [6.07, 6.45) is 69.3. The summed E-state index contributed by atoms with van der Waals surface area (Å²) in [5.74, 6) is -0.513. The van der Waals surface area contributed by atoms with Crippen LogP contribution in [0.2, 0.25) is 0 Å². The van der Waals surface area contributed by atoms with Crippen molar-refractivity contribution in [1.82, 2.24) is 5.32 Å². The number of likely N-dealkylation sites (N-methyl/N-ethyl adjacent to an activating group) is 1. The van der Waals surface area contributed by atoms with Gasteiger partial charge in [0.1, 0.15) is 19.3 Å². The molecular formula is C65H122N2O7P+. The number of nitrogens with one attached hydrogen (secondary N) is 1. The van der Waals surface area contributed by atoms with Crippen LogP contribution < -0.4 is 5.32 Å². The zero-order chi connectivity index (χ0) is 55.0. The third-order valence-corrected chi connectivity index (χ3v) is 14.9. The molecule has 0 bridgehead atoms. The Kier molecular flexibility index (Phi) is 53.4. The van der Waals surface area contributed by atoms with Crippen molar-refractivity contribution in [3.8, 4) is 0 Å². The van der Waals surface area contributed by atoms with Gasteiger partial charge in [0.05, 0.1) is 33.8 Å². The average Bonchev–Trinajstić information content (AvgIpc) is 3.37. The number of allylic oxidation sites excluding steroid dienone is 9. The highest BCUT2D eigenvalue weighted by Gasteiger charge is 2.30. The largest absolute Gasteiger partial charge is 0.472 e. The van der Waals surface area contributed by atoms with Gasteiger partial charge in [-0.05, 0) is 96.0 Å². The van der Waals surface area contributed by atoms with Crippen molar-refractivity contribution < 1.29 is 37.3 Å². The van der Waals surface area contributed by atoms with E-state index >= 15 is 0 Å². The predicted octanol–water partition coefficient (Wildman–Crippen LogP) is 19.4. The molecule has 0 fully saturated rings. The number of carbonyl (C=O) groups is 2. The van der Waals surface area contributed by atoms with E-state index in [1.54, 1.807) is 0 Å². The van der Waals surface area contributed by atoms with Gasteiger partial charge in [0.2, 0.25) is 5.91 Å². The molecular weight excluding hydrogens is 952 g/mol. The zero-order valence-corrected chi connectivity index (χ0v) is 50.9. The van der Waals surface area contributed by atoms with Crippen LogP contribution in [0.3, 0.4) is 0 Å². The molecule has 1 amide bonds. The molecule has 0 heterocycles. The molecule has 0 saturated carbocycles. The normalized spacial score (nSPS) is 14.1. The van der Waals surface area contributed by atoms with Gasteiger partial charge >= 0.3 is 13.8 Å². The van der Waals surface area contributed by atoms with E-state index in [2.05, 4.69) is 74.7 Å². The molecule has 0 aliphatic carbocycles. The number of amides is 1. The van der Waals surface area contributed by atoms with Crippen molar-refractivity contribution in [2.75, 3.05) is 40.9 Å². The second kappa shape index (κ2) is 55.0. The van der Waals surface area contributed by atoms with Gasteiger partial charge in [0, 0.05) is 12.8 Å². The number of nitrogens with zero attached hydrogens (tertiary/aromatic N) is 1. The number of quaternary nitrogens is 1. The van der Waals surface area contributed by atoms with E-state index in [1.165, 1.54) is 173 Å². The molecule has 0 aliphatic rings. The van der Waals surface area contributed by atoms with E-state index in [0.717, 1.165) is 83.5 Å². The van der Waals surface area contributed by atoms with Crippen molar-refractivity contribution in [2.45, 2.75) is 303 Å². The number of carbonyl (C=O) groups excluding carboxylic acids is 2. The number of esters is 1. The number of phosphoric acid groups is 1. The van der Waals surface area contributed by atoms with Gasteiger partial charge < -0.3 is 19.4 Å². The fourth-order valence-electron chi connectivity index (χ4n) is 9.00. The maximum Gasteiger partial charge on any atom is 0.472 e. The second-order valence-electron chi connectivity index (χ2n) is 22.6. The van der Waals surface area contributed by atoms with E-state index in [-0.39, 0.29) is 31.5 Å². The van der Waals surface area contributed by atoms with Gasteiger partial charge in [0.15, 0.2) is 0 Å². The molecule has 0 aromatic carbocycles. The number of hydrogen-bond donors (Lipinski definition) is 2. The maximum atomic E-state index is 13.5. The van der Waals surface area contributed by atoms with Crippen LogP contribution in [0.1, 0.15) is 290 Å². The van der Waals surface area contributed by atoms with E-state index in [9.17, 15) is 19.0 Å². The average molecular weight is 1070 g/mol. The molecule has 0 saturated heterocycles. The van der Waals surface area contributed by atoms with E-state index in [1.807, 2.05) is 33.3 Å². The fraction of sp³-hybridized carbons (Fsp3) is 0.815. The Morgan fingerprint density at radius 3 is 1.25 bits per heavy atom. The molecule has 0 aromatic rings.